The van der Waals surface area contributed by atoms with Gasteiger partial charge in [0, 0.05) is 11.8 Å². The second kappa shape index (κ2) is 8.36. The molecule has 1 aromatic carbocycles. The van der Waals surface area contributed by atoms with Gasteiger partial charge < -0.3 is 10.1 Å². The number of hydrogen-bond acceptors (Lipinski definition) is 5. The number of amides is 1. The monoisotopic (exact) mass is 404 g/mol. The summed E-state index contributed by atoms with van der Waals surface area (Å²) < 4.78 is 7.30. The standard InChI is InChI=1S/C22H24N6O2/c1-14(2)12-17(21-27-26-20-10-6-7-11-28(20)21)23-22(29)18-13-16(24-25-18)15-8-4-5-9-19(15)30-3/h4-11,13-14,17H,12H2,1-3H3,(H,23,29)(H,24,25)/t17-/m0/s1. The van der Waals surface area contributed by atoms with Crippen molar-refractivity contribution in [1.29, 1.82) is 0 Å². The Morgan fingerprint density at radius 3 is 2.77 bits per heavy atom. The minimum absolute atomic E-state index is 0.248. The van der Waals surface area contributed by atoms with Crippen LogP contribution in [0.3, 0.4) is 0 Å². The van der Waals surface area contributed by atoms with Crippen LogP contribution in [0.15, 0.2) is 54.7 Å². The van der Waals surface area contributed by atoms with E-state index in [1.165, 1.54) is 0 Å². The molecule has 30 heavy (non-hydrogen) atoms. The molecule has 0 aliphatic carbocycles. The number of carbonyl (C=O) groups excluding carboxylic acids is 1. The first kappa shape index (κ1) is 19.6. The normalized spacial score (nSPS) is 12.3. The molecule has 0 spiro atoms. The topological polar surface area (TPSA) is 97.2 Å². The van der Waals surface area contributed by atoms with E-state index < -0.39 is 0 Å². The van der Waals surface area contributed by atoms with Crippen LogP contribution < -0.4 is 10.1 Å². The maximum Gasteiger partial charge on any atom is 0.269 e. The summed E-state index contributed by atoms with van der Waals surface area (Å²) >= 11 is 0. The fraction of sp³-hybridized carbons (Fsp3) is 0.273. The Hall–Kier alpha value is -3.68. The fourth-order valence-electron chi connectivity index (χ4n) is 3.47. The van der Waals surface area contributed by atoms with E-state index in [0.29, 0.717) is 28.9 Å². The molecule has 8 nitrogen and oxygen atoms in total. The fourth-order valence-corrected chi connectivity index (χ4v) is 3.47. The number of ether oxygens (including phenoxy) is 1. The molecule has 8 heteroatoms. The van der Waals surface area contributed by atoms with Gasteiger partial charge in [-0.2, -0.15) is 5.10 Å². The molecule has 0 fully saturated rings. The van der Waals surface area contributed by atoms with Crippen molar-refractivity contribution >= 4 is 11.6 Å². The van der Waals surface area contributed by atoms with E-state index in [1.807, 2.05) is 53.1 Å². The van der Waals surface area contributed by atoms with Crippen LogP contribution in [0.4, 0.5) is 0 Å². The number of methoxy groups -OCH3 is 1. The Kier molecular flexibility index (Phi) is 5.47. The maximum atomic E-state index is 13.0. The zero-order valence-electron chi connectivity index (χ0n) is 17.2. The van der Waals surface area contributed by atoms with Crippen LogP contribution in [0.25, 0.3) is 16.9 Å². The first-order chi connectivity index (χ1) is 14.6. The molecule has 4 aromatic rings. The molecule has 2 N–H and O–H groups in total. The molecule has 0 unspecified atom stereocenters. The Bertz CT molecular complexity index is 1160. The SMILES string of the molecule is COc1ccccc1-c1cc(C(=O)N[C@@H](CC(C)C)c2nnc3ccccn23)[nH]n1. The van der Waals surface area contributed by atoms with Gasteiger partial charge in [0.15, 0.2) is 11.5 Å². The number of benzene rings is 1. The van der Waals surface area contributed by atoms with Gasteiger partial charge >= 0.3 is 0 Å². The summed E-state index contributed by atoms with van der Waals surface area (Å²) in [6, 6.07) is 14.7. The molecule has 3 heterocycles. The van der Waals surface area contributed by atoms with Gasteiger partial charge in [-0.05, 0) is 42.7 Å². The predicted molar refractivity (Wildman–Crippen MR) is 113 cm³/mol. The average Bonchev–Trinajstić information content (AvgIpc) is 3.40. The van der Waals surface area contributed by atoms with Crippen molar-refractivity contribution in [3.63, 3.8) is 0 Å². The molecule has 4 rings (SSSR count). The Morgan fingerprint density at radius 1 is 1.17 bits per heavy atom. The van der Waals surface area contributed by atoms with Gasteiger partial charge in [-0.15, -0.1) is 10.2 Å². The summed E-state index contributed by atoms with van der Waals surface area (Å²) in [6.07, 6.45) is 2.63. The van der Waals surface area contributed by atoms with Crippen molar-refractivity contribution in [2.24, 2.45) is 5.92 Å². The molecule has 0 saturated carbocycles. The Balaban J connectivity index is 1.60. The highest BCUT2D eigenvalue weighted by Gasteiger charge is 2.23. The number of carbonyl (C=O) groups is 1. The predicted octanol–water partition coefficient (Wildman–Crippen LogP) is 3.65. The first-order valence-electron chi connectivity index (χ1n) is 9.86. The quantitative estimate of drug-likeness (QED) is 0.490. The lowest BCUT2D eigenvalue weighted by atomic mass is 10.0. The van der Waals surface area contributed by atoms with E-state index in [1.54, 1.807) is 13.2 Å². The molecular formula is C22H24N6O2. The van der Waals surface area contributed by atoms with Crippen molar-refractivity contribution in [1.82, 2.24) is 30.1 Å². The molecule has 1 atom stereocenters. The summed E-state index contributed by atoms with van der Waals surface area (Å²) in [7, 11) is 1.61. The Labute approximate surface area is 174 Å². The lowest BCUT2D eigenvalue weighted by Crippen LogP contribution is -2.31. The van der Waals surface area contributed by atoms with Gasteiger partial charge in [0.1, 0.15) is 11.4 Å². The van der Waals surface area contributed by atoms with E-state index in [0.717, 1.165) is 17.6 Å². The van der Waals surface area contributed by atoms with Crippen molar-refractivity contribution < 1.29 is 9.53 Å². The first-order valence-corrected chi connectivity index (χ1v) is 9.86. The number of H-pyrrole nitrogens is 1. The van der Waals surface area contributed by atoms with Crippen LogP contribution >= 0.6 is 0 Å². The number of hydrogen-bond donors (Lipinski definition) is 2. The third-order valence-corrected chi connectivity index (χ3v) is 4.87. The summed E-state index contributed by atoms with van der Waals surface area (Å²) in [4.78, 5) is 13.0. The molecule has 1 amide bonds. The van der Waals surface area contributed by atoms with Crippen LogP contribution in [-0.2, 0) is 0 Å². The minimum Gasteiger partial charge on any atom is -0.496 e. The number of fused-ring (bicyclic) bond motifs is 1. The lowest BCUT2D eigenvalue weighted by molar-refractivity contribution is 0.0924. The number of pyridine rings is 1. The number of rotatable bonds is 7. The maximum absolute atomic E-state index is 13.0. The molecule has 0 saturated heterocycles. The van der Waals surface area contributed by atoms with E-state index in [4.69, 9.17) is 4.74 Å². The van der Waals surface area contributed by atoms with Crippen LogP contribution in [-0.4, -0.2) is 37.8 Å². The van der Waals surface area contributed by atoms with Crippen LogP contribution in [0.5, 0.6) is 5.75 Å². The van der Waals surface area contributed by atoms with Gasteiger partial charge in [-0.3, -0.25) is 14.3 Å². The highest BCUT2D eigenvalue weighted by molar-refractivity contribution is 5.93. The third-order valence-electron chi connectivity index (χ3n) is 4.87. The minimum atomic E-state index is -0.284. The number of aromatic nitrogens is 5. The number of aromatic amines is 1. The highest BCUT2D eigenvalue weighted by Crippen LogP contribution is 2.28. The average molecular weight is 404 g/mol. The van der Waals surface area contributed by atoms with E-state index in [-0.39, 0.29) is 11.9 Å². The Morgan fingerprint density at radius 2 is 1.97 bits per heavy atom. The van der Waals surface area contributed by atoms with Crippen molar-refractivity contribution in [3.05, 3.63) is 66.2 Å². The largest absolute Gasteiger partial charge is 0.496 e. The summed E-state index contributed by atoms with van der Waals surface area (Å²) in [5.74, 6) is 1.51. The lowest BCUT2D eigenvalue weighted by Gasteiger charge is -2.18. The second-order valence-corrected chi connectivity index (χ2v) is 7.51. The molecule has 0 radical (unpaired) electrons. The van der Waals surface area contributed by atoms with Gasteiger partial charge in [0.25, 0.3) is 5.91 Å². The zero-order chi connectivity index (χ0) is 21.1. The summed E-state index contributed by atoms with van der Waals surface area (Å²) in [6.45, 7) is 4.22. The smallest absolute Gasteiger partial charge is 0.269 e. The second-order valence-electron chi connectivity index (χ2n) is 7.51. The van der Waals surface area contributed by atoms with Gasteiger partial charge in [0.2, 0.25) is 0 Å². The summed E-state index contributed by atoms with van der Waals surface area (Å²) in [5, 5.41) is 18.8. The molecule has 0 bridgehead atoms. The van der Waals surface area contributed by atoms with E-state index >= 15 is 0 Å². The van der Waals surface area contributed by atoms with Gasteiger partial charge in [-0.25, -0.2) is 0 Å². The molecule has 0 aliphatic rings. The van der Waals surface area contributed by atoms with Crippen molar-refractivity contribution in [2.45, 2.75) is 26.3 Å². The molecule has 0 aliphatic heterocycles. The molecule has 3 aromatic heterocycles. The van der Waals surface area contributed by atoms with Crippen molar-refractivity contribution in [3.8, 4) is 17.0 Å². The van der Waals surface area contributed by atoms with Gasteiger partial charge in [-0.1, -0.05) is 32.0 Å². The zero-order valence-corrected chi connectivity index (χ0v) is 17.2. The number of nitrogens with zero attached hydrogens (tertiary/aromatic N) is 4. The number of nitrogens with one attached hydrogen (secondary N) is 2. The molecular weight excluding hydrogens is 380 g/mol. The number of para-hydroxylation sites is 1. The third kappa shape index (κ3) is 3.89. The molecule has 154 valence electrons. The van der Waals surface area contributed by atoms with Crippen molar-refractivity contribution in [2.75, 3.05) is 7.11 Å². The van der Waals surface area contributed by atoms with Crippen LogP contribution in [0.2, 0.25) is 0 Å². The van der Waals surface area contributed by atoms with E-state index in [9.17, 15) is 4.79 Å². The van der Waals surface area contributed by atoms with Crippen LogP contribution in [0, 0.1) is 5.92 Å². The van der Waals surface area contributed by atoms with Crippen LogP contribution in [0.1, 0.15) is 42.6 Å². The summed E-state index contributed by atoms with van der Waals surface area (Å²) in [5.41, 5.74) is 2.58. The van der Waals surface area contributed by atoms with E-state index in [2.05, 4.69) is 39.6 Å². The van der Waals surface area contributed by atoms with Gasteiger partial charge in [0.05, 0.1) is 18.8 Å². The highest BCUT2D eigenvalue weighted by atomic mass is 16.5.